The summed E-state index contributed by atoms with van der Waals surface area (Å²) in [7, 11) is 0. The molecule has 22 heavy (non-hydrogen) atoms. The van der Waals surface area contributed by atoms with E-state index in [9.17, 15) is 10.1 Å². The first-order valence-electron chi connectivity index (χ1n) is 6.41. The Kier molecular flexibility index (Phi) is 3.73. The van der Waals surface area contributed by atoms with Crippen LogP contribution in [0.3, 0.4) is 0 Å². The molecule has 0 radical (unpaired) electrons. The fourth-order valence-electron chi connectivity index (χ4n) is 1.80. The number of nitrogens with zero attached hydrogens (tertiary/aromatic N) is 4. The fourth-order valence-corrected chi connectivity index (χ4v) is 1.80. The Balaban J connectivity index is 1.65. The van der Waals surface area contributed by atoms with Gasteiger partial charge in [-0.2, -0.15) is 5.10 Å². The minimum atomic E-state index is -0.458. The number of benzene rings is 1. The van der Waals surface area contributed by atoms with Crippen molar-refractivity contribution in [3.05, 3.63) is 64.7 Å². The van der Waals surface area contributed by atoms with Crippen LogP contribution in [0.1, 0.15) is 5.82 Å². The van der Waals surface area contributed by atoms with Gasteiger partial charge in [-0.25, -0.2) is 4.98 Å². The molecule has 1 aromatic carbocycles. The summed E-state index contributed by atoms with van der Waals surface area (Å²) in [6.45, 7) is 0.186. The Hall–Kier alpha value is -3.29. The smallest absolute Gasteiger partial charge is 0.269 e. The number of hydrogen-bond acceptors (Lipinski definition) is 6. The Labute approximate surface area is 125 Å². The molecular weight excluding hydrogens is 286 g/mol. The van der Waals surface area contributed by atoms with Gasteiger partial charge in [0.2, 0.25) is 0 Å². The normalized spacial score (nSPS) is 10.4. The molecule has 0 amide bonds. The molecule has 3 aromatic rings. The van der Waals surface area contributed by atoms with Crippen LogP contribution in [0.2, 0.25) is 0 Å². The highest BCUT2D eigenvalue weighted by atomic mass is 16.6. The quantitative estimate of drug-likeness (QED) is 0.572. The Morgan fingerprint density at radius 3 is 2.73 bits per heavy atom. The van der Waals surface area contributed by atoms with Gasteiger partial charge in [0.05, 0.1) is 4.92 Å². The summed E-state index contributed by atoms with van der Waals surface area (Å²) >= 11 is 0. The van der Waals surface area contributed by atoms with Gasteiger partial charge in [-0.3, -0.25) is 20.2 Å². The summed E-state index contributed by atoms with van der Waals surface area (Å²) in [6, 6.07) is 9.51. The summed E-state index contributed by atoms with van der Waals surface area (Å²) in [6.07, 6.45) is 3.35. The second kappa shape index (κ2) is 6.00. The van der Waals surface area contributed by atoms with Crippen LogP contribution in [0.25, 0.3) is 11.4 Å². The molecule has 0 atom stereocenters. The fraction of sp³-hybridized carbons (Fsp3) is 0.0714. The van der Waals surface area contributed by atoms with Gasteiger partial charge >= 0.3 is 0 Å². The van der Waals surface area contributed by atoms with E-state index >= 15 is 0 Å². The molecular formula is C14H11N5O3. The SMILES string of the molecule is O=[N+]([O-])c1ccc(OCc2nc(-c3cccnc3)n[nH]2)cc1. The van der Waals surface area contributed by atoms with Gasteiger partial charge in [0.1, 0.15) is 12.4 Å². The van der Waals surface area contributed by atoms with Crippen molar-refractivity contribution in [1.29, 1.82) is 0 Å². The molecule has 0 spiro atoms. The molecule has 0 aliphatic rings. The van der Waals surface area contributed by atoms with Crippen molar-refractivity contribution in [1.82, 2.24) is 20.2 Å². The third kappa shape index (κ3) is 3.06. The molecule has 1 N–H and O–H groups in total. The van der Waals surface area contributed by atoms with Crippen LogP contribution in [0.15, 0.2) is 48.8 Å². The maximum absolute atomic E-state index is 10.6. The van der Waals surface area contributed by atoms with Gasteiger partial charge in [0, 0.05) is 30.1 Å². The van der Waals surface area contributed by atoms with Gasteiger partial charge in [-0.1, -0.05) is 0 Å². The number of nitrogens with one attached hydrogen (secondary N) is 1. The van der Waals surface area contributed by atoms with E-state index in [1.807, 2.05) is 6.07 Å². The summed E-state index contributed by atoms with van der Waals surface area (Å²) in [4.78, 5) is 18.4. The summed E-state index contributed by atoms with van der Waals surface area (Å²) in [5.41, 5.74) is 0.825. The van der Waals surface area contributed by atoms with E-state index in [0.29, 0.717) is 17.4 Å². The number of nitro benzene ring substituents is 1. The van der Waals surface area contributed by atoms with Crippen molar-refractivity contribution in [2.45, 2.75) is 6.61 Å². The highest BCUT2D eigenvalue weighted by molar-refractivity contribution is 5.52. The van der Waals surface area contributed by atoms with E-state index in [1.165, 1.54) is 24.3 Å². The van der Waals surface area contributed by atoms with E-state index in [4.69, 9.17) is 4.74 Å². The zero-order valence-electron chi connectivity index (χ0n) is 11.3. The second-order valence-corrected chi connectivity index (χ2v) is 4.39. The molecule has 0 bridgehead atoms. The zero-order chi connectivity index (χ0) is 15.4. The van der Waals surface area contributed by atoms with Crippen molar-refractivity contribution in [3.63, 3.8) is 0 Å². The predicted molar refractivity (Wildman–Crippen MR) is 77.0 cm³/mol. The van der Waals surface area contributed by atoms with Crippen LogP contribution >= 0.6 is 0 Å². The first-order chi connectivity index (χ1) is 10.7. The van der Waals surface area contributed by atoms with Crippen LogP contribution in [-0.4, -0.2) is 25.1 Å². The molecule has 2 heterocycles. The Morgan fingerprint density at radius 1 is 1.23 bits per heavy atom. The minimum Gasteiger partial charge on any atom is -0.486 e. The maximum atomic E-state index is 10.6. The predicted octanol–water partition coefficient (Wildman–Crippen LogP) is 2.35. The number of rotatable bonds is 5. The monoisotopic (exact) mass is 297 g/mol. The van der Waals surface area contributed by atoms with Gasteiger partial charge < -0.3 is 4.74 Å². The lowest BCUT2D eigenvalue weighted by molar-refractivity contribution is -0.384. The summed E-state index contributed by atoms with van der Waals surface area (Å²) in [5.74, 6) is 1.61. The van der Waals surface area contributed by atoms with Crippen LogP contribution in [0, 0.1) is 10.1 Å². The van der Waals surface area contributed by atoms with E-state index in [2.05, 4.69) is 20.2 Å². The number of ether oxygens (including phenoxy) is 1. The number of aromatic nitrogens is 4. The topological polar surface area (TPSA) is 107 Å². The number of aromatic amines is 1. The second-order valence-electron chi connectivity index (χ2n) is 4.39. The average molecular weight is 297 g/mol. The molecule has 0 saturated heterocycles. The van der Waals surface area contributed by atoms with Crippen LogP contribution in [-0.2, 0) is 6.61 Å². The van der Waals surface area contributed by atoms with Crippen molar-refractivity contribution in [3.8, 4) is 17.1 Å². The lowest BCUT2D eigenvalue weighted by Crippen LogP contribution is -1.98. The molecule has 0 fully saturated rings. The third-order valence-corrected chi connectivity index (χ3v) is 2.87. The largest absolute Gasteiger partial charge is 0.486 e. The van der Waals surface area contributed by atoms with E-state index < -0.39 is 4.92 Å². The molecule has 8 nitrogen and oxygen atoms in total. The van der Waals surface area contributed by atoms with Crippen molar-refractivity contribution in [2.75, 3.05) is 0 Å². The maximum Gasteiger partial charge on any atom is 0.269 e. The lowest BCUT2D eigenvalue weighted by Gasteiger charge is -2.02. The molecule has 0 saturated carbocycles. The third-order valence-electron chi connectivity index (χ3n) is 2.87. The first-order valence-corrected chi connectivity index (χ1v) is 6.41. The molecule has 0 aliphatic heterocycles. The van der Waals surface area contributed by atoms with Gasteiger partial charge in [-0.05, 0) is 24.3 Å². The number of pyridine rings is 1. The van der Waals surface area contributed by atoms with Crippen molar-refractivity contribution < 1.29 is 9.66 Å². The first kappa shape index (κ1) is 13.7. The lowest BCUT2D eigenvalue weighted by atomic mass is 10.3. The molecule has 2 aromatic heterocycles. The molecule has 3 rings (SSSR count). The van der Waals surface area contributed by atoms with E-state index in [-0.39, 0.29) is 12.3 Å². The molecule has 0 unspecified atom stereocenters. The number of H-pyrrole nitrogens is 1. The van der Waals surface area contributed by atoms with Crippen molar-refractivity contribution >= 4 is 5.69 Å². The number of hydrogen-bond donors (Lipinski definition) is 1. The highest BCUT2D eigenvalue weighted by Gasteiger charge is 2.08. The Morgan fingerprint density at radius 2 is 2.05 bits per heavy atom. The molecule has 110 valence electrons. The molecule has 8 heteroatoms. The molecule has 0 aliphatic carbocycles. The zero-order valence-corrected chi connectivity index (χ0v) is 11.3. The van der Waals surface area contributed by atoms with Crippen LogP contribution < -0.4 is 4.74 Å². The van der Waals surface area contributed by atoms with Gasteiger partial charge in [0.25, 0.3) is 5.69 Å². The highest BCUT2D eigenvalue weighted by Crippen LogP contribution is 2.18. The van der Waals surface area contributed by atoms with Gasteiger partial charge in [-0.15, -0.1) is 0 Å². The summed E-state index contributed by atoms with van der Waals surface area (Å²) < 4.78 is 5.50. The van der Waals surface area contributed by atoms with Crippen molar-refractivity contribution in [2.24, 2.45) is 0 Å². The van der Waals surface area contributed by atoms with Crippen LogP contribution in [0.4, 0.5) is 5.69 Å². The number of non-ortho nitro benzene ring substituents is 1. The average Bonchev–Trinajstić information content (AvgIpc) is 3.03. The van der Waals surface area contributed by atoms with E-state index in [1.54, 1.807) is 18.5 Å². The van der Waals surface area contributed by atoms with Gasteiger partial charge in [0.15, 0.2) is 11.6 Å². The number of nitro groups is 1. The summed E-state index contributed by atoms with van der Waals surface area (Å²) in [5, 5.41) is 17.4. The standard InChI is InChI=1S/C14H11N5O3/c20-19(21)11-3-5-12(6-4-11)22-9-13-16-14(18-17-13)10-2-1-7-15-8-10/h1-8H,9H2,(H,16,17,18). The van der Waals surface area contributed by atoms with E-state index in [0.717, 1.165) is 5.56 Å². The van der Waals surface area contributed by atoms with Crippen LogP contribution in [0.5, 0.6) is 5.75 Å². The minimum absolute atomic E-state index is 0.0193. The Bertz CT molecular complexity index is 771.